The van der Waals surface area contributed by atoms with Crippen molar-refractivity contribution < 1.29 is 9.15 Å². The van der Waals surface area contributed by atoms with Crippen LogP contribution in [0.3, 0.4) is 0 Å². The number of hydrogen-bond acceptors (Lipinski definition) is 3. The van der Waals surface area contributed by atoms with E-state index in [2.05, 4.69) is 58.0 Å². The van der Waals surface area contributed by atoms with Gasteiger partial charge in [0.05, 0.1) is 18.4 Å². The van der Waals surface area contributed by atoms with Gasteiger partial charge in [0, 0.05) is 27.3 Å². The predicted octanol–water partition coefficient (Wildman–Crippen LogP) is 6.50. The molecule has 0 fully saturated rings. The largest absolute Gasteiger partial charge is 0.496 e. The van der Waals surface area contributed by atoms with Crippen LogP contribution in [-0.2, 0) is 5.41 Å². The molecule has 0 spiro atoms. The minimum Gasteiger partial charge on any atom is -0.496 e. The molecule has 1 aliphatic heterocycles. The Balaban J connectivity index is 1.88. The van der Waals surface area contributed by atoms with Crippen LogP contribution in [0.15, 0.2) is 70.1 Å². The quantitative estimate of drug-likeness (QED) is 0.396. The predicted molar refractivity (Wildman–Crippen MR) is 119 cm³/mol. The lowest BCUT2D eigenvalue weighted by Crippen LogP contribution is -2.46. The van der Waals surface area contributed by atoms with E-state index in [0.717, 1.165) is 44.5 Å². The van der Waals surface area contributed by atoms with Gasteiger partial charge in [-0.3, -0.25) is 4.99 Å². The number of furan rings is 1. The van der Waals surface area contributed by atoms with E-state index in [-0.39, 0.29) is 11.0 Å². The van der Waals surface area contributed by atoms with E-state index in [9.17, 15) is 0 Å². The smallest absolute Gasteiger partial charge is 0.136 e. The van der Waals surface area contributed by atoms with Gasteiger partial charge in [-0.25, -0.2) is 0 Å². The molecule has 0 N–H and O–H groups in total. The highest BCUT2D eigenvalue weighted by Crippen LogP contribution is 2.46. The zero-order valence-electron chi connectivity index (χ0n) is 17.5. The highest BCUT2D eigenvalue weighted by atomic mass is 16.5. The fraction of sp³-hybridized carbons (Fsp3) is 0.269. The zero-order chi connectivity index (χ0) is 20.4. The number of fused-ring (bicyclic) bond motifs is 4. The molecule has 0 amide bonds. The fourth-order valence-electron chi connectivity index (χ4n) is 4.34. The summed E-state index contributed by atoms with van der Waals surface area (Å²) in [5.41, 5.74) is 5.77. The van der Waals surface area contributed by atoms with Crippen molar-refractivity contribution in [1.82, 2.24) is 0 Å². The number of benzene rings is 3. The van der Waals surface area contributed by atoms with E-state index in [1.54, 1.807) is 7.11 Å². The summed E-state index contributed by atoms with van der Waals surface area (Å²) < 4.78 is 11.9. The van der Waals surface area contributed by atoms with E-state index in [4.69, 9.17) is 14.1 Å². The number of aliphatic imine (C=N–C) groups is 1. The lowest BCUT2D eigenvalue weighted by atomic mass is 9.65. The molecule has 146 valence electrons. The second-order valence-electron chi connectivity index (χ2n) is 8.84. The third-order valence-corrected chi connectivity index (χ3v) is 6.73. The van der Waals surface area contributed by atoms with Crippen molar-refractivity contribution in [3.05, 3.63) is 77.4 Å². The maximum Gasteiger partial charge on any atom is 0.136 e. The van der Waals surface area contributed by atoms with Crippen LogP contribution < -0.4 is 4.74 Å². The van der Waals surface area contributed by atoms with Crippen LogP contribution in [0.5, 0.6) is 5.75 Å². The van der Waals surface area contributed by atoms with Crippen LogP contribution in [0, 0.1) is 0 Å². The Bertz CT molecular complexity index is 1290. The van der Waals surface area contributed by atoms with Crippen LogP contribution >= 0.6 is 0 Å². The van der Waals surface area contributed by atoms with E-state index in [0.29, 0.717) is 0 Å². The molecule has 4 aromatic rings. The van der Waals surface area contributed by atoms with Crippen molar-refractivity contribution in [2.45, 2.75) is 38.6 Å². The molecule has 29 heavy (non-hydrogen) atoms. The summed E-state index contributed by atoms with van der Waals surface area (Å²) in [5, 5.41) is 2.31. The van der Waals surface area contributed by atoms with Crippen LogP contribution in [0.4, 0.5) is 0 Å². The van der Waals surface area contributed by atoms with E-state index in [1.165, 1.54) is 5.56 Å². The zero-order valence-corrected chi connectivity index (χ0v) is 17.5. The van der Waals surface area contributed by atoms with Crippen molar-refractivity contribution in [2.24, 2.45) is 4.99 Å². The summed E-state index contributed by atoms with van der Waals surface area (Å²) in [4.78, 5) is 5.24. The normalized spacial score (nSPS) is 17.2. The molecule has 0 saturated carbocycles. The van der Waals surface area contributed by atoms with Crippen LogP contribution in [-0.4, -0.2) is 18.4 Å². The molecule has 5 rings (SSSR count). The molecular weight excluding hydrogens is 358 g/mol. The highest BCUT2D eigenvalue weighted by Gasteiger charge is 2.44. The maximum absolute atomic E-state index is 6.19. The monoisotopic (exact) mass is 383 g/mol. The Hall–Kier alpha value is -3.07. The van der Waals surface area contributed by atoms with Gasteiger partial charge < -0.3 is 9.15 Å². The van der Waals surface area contributed by atoms with Gasteiger partial charge in [0.15, 0.2) is 0 Å². The highest BCUT2D eigenvalue weighted by molar-refractivity contribution is 6.18. The number of nitrogens with zero attached hydrogens (tertiary/aromatic N) is 1. The first-order valence-corrected chi connectivity index (χ1v) is 10.0. The molecule has 0 saturated heterocycles. The first kappa shape index (κ1) is 18.0. The lowest BCUT2D eigenvalue weighted by Gasteiger charge is -2.44. The number of hydrogen-bond donors (Lipinski definition) is 0. The standard InChI is InChI=1S/C26H25NO2/c1-25(2)20-14-18-16-10-6-9-13-22(16)29-23(18)15-19(20)24(27-26(25,3)4)17-11-7-8-12-21(17)28-5/h6-15H,1-5H3. The SMILES string of the molecule is COc1ccccc1C1=NC(C)(C)C(C)(C)c2cc3c(cc21)oc1ccccc13. The summed E-state index contributed by atoms with van der Waals surface area (Å²) in [5.74, 6) is 0.831. The average molecular weight is 383 g/mol. The molecule has 0 unspecified atom stereocenters. The third kappa shape index (κ3) is 2.46. The number of ether oxygens (including phenoxy) is 1. The number of methoxy groups -OCH3 is 1. The van der Waals surface area contributed by atoms with Gasteiger partial charge >= 0.3 is 0 Å². The second kappa shape index (κ2) is 5.96. The van der Waals surface area contributed by atoms with Crippen LogP contribution in [0.2, 0.25) is 0 Å². The van der Waals surface area contributed by atoms with Gasteiger partial charge in [-0.05, 0) is 49.7 Å². The summed E-state index contributed by atoms with van der Waals surface area (Å²) in [7, 11) is 1.71. The van der Waals surface area contributed by atoms with Gasteiger partial charge in [-0.2, -0.15) is 0 Å². The van der Waals surface area contributed by atoms with E-state index in [1.807, 2.05) is 30.3 Å². The molecule has 1 aromatic heterocycles. The Morgan fingerprint density at radius 3 is 2.31 bits per heavy atom. The molecular formula is C26H25NO2. The fourth-order valence-corrected chi connectivity index (χ4v) is 4.34. The van der Waals surface area contributed by atoms with Gasteiger partial charge in [0.1, 0.15) is 16.9 Å². The van der Waals surface area contributed by atoms with Crippen molar-refractivity contribution in [3.63, 3.8) is 0 Å². The number of para-hydroxylation sites is 2. The maximum atomic E-state index is 6.19. The van der Waals surface area contributed by atoms with Crippen LogP contribution in [0.1, 0.15) is 44.4 Å². The van der Waals surface area contributed by atoms with Gasteiger partial charge in [-0.15, -0.1) is 0 Å². The second-order valence-corrected chi connectivity index (χ2v) is 8.84. The molecule has 0 aliphatic carbocycles. The molecule has 0 radical (unpaired) electrons. The Morgan fingerprint density at radius 2 is 1.52 bits per heavy atom. The van der Waals surface area contributed by atoms with Crippen molar-refractivity contribution in [3.8, 4) is 5.75 Å². The topological polar surface area (TPSA) is 34.7 Å². The van der Waals surface area contributed by atoms with E-state index < -0.39 is 0 Å². The summed E-state index contributed by atoms with van der Waals surface area (Å²) in [6.07, 6.45) is 0. The number of rotatable bonds is 2. The van der Waals surface area contributed by atoms with Crippen molar-refractivity contribution in [2.75, 3.05) is 7.11 Å². The Kier molecular flexibility index (Phi) is 3.70. The van der Waals surface area contributed by atoms with Gasteiger partial charge in [0.2, 0.25) is 0 Å². The molecule has 0 bridgehead atoms. The molecule has 1 aliphatic rings. The lowest BCUT2D eigenvalue weighted by molar-refractivity contribution is 0.304. The minimum absolute atomic E-state index is 0.138. The van der Waals surface area contributed by atoms with Gasteiger partial charge in [0.25, 0.3) is 0 Å². The molecule has 3 nitrogen and oxygen atoms in total. The van der Waals surface area contributed by atoms with E-state index >= 15 is 0 Å². The van der Waals surface area contributed by atoms with Crippen molar-refractivity contribution in [1.29, 1.82) is 0 Å². The molecule has 3 heteroatoms. The molecule has 0 atom stereocenters. The van der Waals surface area contributed by atoms with Crippen LogP contribution in [0.25, 0.3) is 21.9 Å². The first-order chi connectivity index (χ1) is 13.8. The Morgan fingerprint density at radius 1 is 0.793 bits per heavy atom. The first-order valence-electron chi connectivity index (χ1n) is 10.0. The van der Waals surface area contributed by atoms with Gasteiger partial charge in [-0.1, -0.05) is 44.2 Å². The summed E-state index contributed by atoms with van der Waals surface area (Å²) in [6.45, 7) is 8.98. The third-order valence-electron chi connectivity index (χ3n) is 6.73. The summed E-state index contributed by atoms with van der Waals surface area (Å²) in [6, 6.07) is 20.8. The van der Waals surface area contributed by atoms with Crippen molar-refractivity contribution >= 4 is 27.7 Å². The average Bonchev–Trinajstić information content (AvgIpc) is 3.08. The molecule has 3 aromatic carbocycles. The minimum atomic E-state index is -0.274. The molecule has 2 heterocycles. The summed E-state index contributed by atoms with van der Waals surface area (Å²) >= 11 is 0. The Labute approximate surface area is 171 Å².